The first-order chi connectivity index (χ1) is 12.3. The number of carbonyl (C=O) groups excluding carboxylic acids is 1. The summed E-state index contributed by atoms with van der Waals surface area (Å²) in [6.07, 6.45) is 9.42. The van der Waals surface area contributed by atoms with Crippen LogP contribution < -0.4 is 15.5 Å². The zero-order chi connectivity index (χ0) is 17.1. The minimum absolute atomic E-state index is 0.0425. The Morgan fingerprint density at radius 2 is 1.76 bits per heavy atom. The van der Waals surface area contributed by atoms with Gasteiger partial charge >= 0.3 is 0 Å². The molecule has 1 aliphatic carbocycles. The van der Waals surface area contributed by atoms with Crippen molar-refractivity contribution in [3.05, 3.63) is 48.3 Å². The van der Waals surface area contributed by atoms with Gasteiger partial charge in [0.2, 0.25) is 0 Å². The standard InChI is InChI=1S/C20H24N4O/c25-20(23-17-4-5-17)15-12-18(14-21-13-15)22-16-6-8-19(9-7-16)24-10-2-1-3-11-24/h6-9,12-14,17,22H,1-5,10-11H2,(H,23,25). The van der Waals surface area contributed by atoms with Gasteiger partial charge in [0, 0.05) is 36.7 Å². The van der Waals surface area contributed by atoms with Crippen molar-refractivity contribution < 1.29 is 4.79 Å². The van der Waals surface area contributed by atoms with Crippen LogP contribution in [0, 0.1) is 0 Å². The number of anilines is 3. The van der Waals surface area contributed by atoms with Gasteiger partial charge in [-0.3, -0.25) is 9.78 Å². The summed E-state index contributed by atoms with van der Waals surface area (Å²) in [6, 6.07) is 10.7. The molecule has 5 nitrogen and oxygen atoms in total. The lowest BCUT2D eigenvalue weighted by Gasteiger charge is -2.28. The van der Waals surface area contributed by atoms with Crippen molar-refractivity contribution in [3.63, 3.8) is 0 Å². The Hall–Kier alpha value is -2.56. The van der Waals surface area contributed by atoms with Crippen LogP contribution in [-0.4, -0.2) is 30.0 Å². The molecule has 0 unspecified atom stereocenters. The fraction of sp³-hybridized carbons (Fsp3) is 0.400. The molecule has 1 saturated carbocycles. The van der Waals surface area contributed by atoms with Gasteiger partial charge < -0.3 is 15.5 Å². The van der Waals surface area contributed by atoms with E-state index in [4.69, 9.17) is 0 Å². The number of carbonyl (C=O) groups is 1. The number of nitrogens with zero attached hydrogens (tertiary/aromatic N) is 2. The maximum atomic E-state index is 12.1. The van der Waals surface area contributed by atoms with Crippen molar-refractivity contribution in [1.82, 2.24) is 10.3 Å². The van der Waals surface area contributed by atoms with E-state index in [1.54, 1.807) is 12.4 Å². The Morgan fingerprint density at radius 3 is 2.48 bits per heavy atom. The first kappa shape index (κ1) is 15.9. The van der Waals surface area contributed by atoms with E-state index in [-0.39, 0.29) is 5.91 Å². The molecular weight excluding hydrogens is 312 g/mol. The average Bonchev–Trinajstić information content (AvgIpc) is 3.47. The van der Waals surface area contributed by atoms with Crippen LogP contribution in [0.25, 0.3) is 0 Å². The van der Waals surface area contributed by atoms with Gasteiger partial charge in [0.1, 0.15) is 0 Å². The number of pyridine rings is 1. The van der Waals surface area contributed by atoms with E-state index in [1.807, 2.05) is 6.07 Å². The van der Waals surface area contributed by atoms with Gasteiger partial charge in [0.25, 0.3) is 5.91 Å². The quantitative estimate of drug-likeness (QED) is 0.874. The van der Waals surface area contributed by atoms with Crippen molar-refractivity contribution >= 4 is 23.0 Å². The lowest BCUT2D eigenvalue weighted by Crippen LogP contribution is -2.29. The summed E-state index contributed by atoms with van der Waals surface area (Å²) < 4.78 is 0. The molecular formula is C20H24N4O. The first-order valence-corrected chi connectivity index (χ1v) is 9.16. The van der Waals surface area contributed by atoms with E-state index in [9.17, 15) is 4.79 Å². The molecule has 2 heterocycles. The number of aromatic nitrogens is 1. The maximum Gasteiger partial charge on any atom is 0.253 e. The lowest BCUT2D eigenvalue weighted by atomic mass is 10.1. The third kappa shape index (κ3) is 4.10. The van der Waals surface area contributed by atoms with Gasteiger partial charge in [0.05, 0.1) is 17.4 Å². The average molecular weight is 336 g/mol. The normalized spacial score (nSPS) is 17.2. The minimum Gasteiger partial charge on any atom is -0.372 e. The first-order valence-electron chi connectivity index (χ1n) is 9.16. The van der Waals surface area contributed by atoms with E-state index in [0.717, 1.165) is 37.3 Å². The predicted molar refractivity (Wildman–Crippen MR) is 101 cm³/mol. The topological polar surface area (TPSA) is 57.3 Å². The molecule has 1 aromatic heterocycles. The van der Waals surface area contributed by atoms with E-state index < -0.39 is 0 Å². The molecule has 1 amide bonds. The van der Waals surface area contributed by atoms with Crippen LogP contribution in [-0.2, 0) is 0 Å². The number of hydrogen-bond donors (Lipinski definition) is 2. The molecule has 2 N–H and O–H groups in total. The second kappa shape index (κ2) is 7.13. The van der Waals surface area contributed by atoms with Crippen molar-refractivity contribution in [1.29, 1.82) is 0 Å². The van der Waals surface area contributed by atoms with Crippen LogP contribution >= 0.6 is 0 Å². The molecule has 1 aromatic carbocycles. The zero-order valence-corrected chi connectivity index (χ0v) is 14.4. The molecule has 2 aliphatic rings. The summed E-state index contributed by atoms with van der Waals surface area (Å²) in [5, 5.41) is 6.33. The number of nitrogens with one attached hydrogen (secondary N) is 2. The van der Waals surface area contributed by atoms with Crippen LogP contribution in [0.2, 0.25) is 0 Å². The molecule has 2 fully saturated rings. The number of hydrogen-bond acceptors (Lipinski definition) is 4. The van der Waals surface area contributed by atoms with Crippen molar-refractivity contribution in [3.8, 4) is 0 Å². The molecule has 5 heteroatoms. The minimum atomic E-state index is -0.0425. The summed E-state index contributed by atoms with van der Waals surface area (Å²) in [4.78, 5) is 18.8. The Labute approximate surface area is 148 Å². The summed E-state index contributed by atoms with van der Waals surface area (Å²) in [5.41, 5.74) is 3.71. The van der Waals surface area contributed by atoms with Crippen LogP contribution in [0.1, 0.15) is 42.5 Å². The molecule has 1 aliphatic heterocycles. The highest BCUT2D eigenvalue weighted by molar-refractivity contribution is 5.95. The Balaban J connectivity index is 1.41. The maximum absolute atomic E-state index is 12.1. The zero-order valence-electron chi connectivity index (χ0n) is 14.4. The summed E-state index contributed by atoms with van der Waals surface area (Å²) >= 11 is 0. The van der Waals surface area contributed by atoms with Crippen LogP contribution in [0.3, 0.4) is 0 Å². The smallest absolute Gasteiger partial charge is 0.253 e. The van der Waals surface area contributed by atoms with Gasteiger partial charge in [-0.1, -0.05) is 0 Å². The highest BCUT2D eigenvalue weighted by Gasteiger charge is 2.23. The van der Waals surface area contributed by atoms with E-state index >= 15 is 0 Å². The fourth-order valence-electron chi connectivity index (χ4n) is 3.20. The monoisotopic (exact) mass is 336 g/mol. The molecule has 0 spiro atoms. The van der Waals surface area contributed by atoms with Crippen molar-refractivity contribution in [2.75, 3.05) is 23.3 Å². The SMILES string of the molecule is O=C(NC1CC1)c1cncc(Nc2ccc(N3CCCCC3)cc2)c1. The van der Waals surface area contributed by atoms with Crippen LogP contribution in [0.5, 0.6) is 0 Å². The summed E-state index contributed by atoms with van der Waals surface area (Å²) in [5.74, 6) is -0.0425. The van der Waals surface area contributed by atoms with Crippen molar-refractivity contribution in [2.24, 2.45) is 0 Å². The molecule has 0 atom stereocenters. The van der Waals surface area contributed by atoms with E-state index in [1.165, 1.54) is 24.9 Å². The van der Waals surface area contributed by atoms with E-state index in [2.05, 4.69) is 44.8 Å². The molecule has 0 radical (unpaired) electrons. The third-order valence-electron chi connectivity index (χ3n) is 4.79. The summed E-state index contributed by atoms with van der Waals surface area (Å²) in [7, 11) is 0. The largest absolute Gasteiger partial charge is 0.372 e. The third-order valence-corrected chi connectivity index (χ3v) is 4.79. The second-order valence-corrected chi connectivity index (χ2v) is 6.93. The predicted octanol–water partition coefficient (Wildman–Crippen LogP) is 3.71. The Kier molecular flexibility index (Phi) is 4.55. The molecule has 25 heavy (non-hydrogen) atoms. The van der Waals surface area contributed by atoms with Crippen LogP contribution in [0.15, 0.2) is 42.7 Å². The molecule has 0 bridgehead atoms. The number of piperidine rings is 1. The number of amides is 1. The highest BCUT2D eigenvalue weighted by Crippen LogP contribution is 2.24. The van der Waals surface area contributed by atoms with E-state index in [0.29, 0.717) is 11.6 Å². The lowest BCUT2D eigenvalue weighted by molar-refractivity contribution is 0.0951. The summed E-state index contributed by atoms with van der Waals surface area (Å²) in [6.45, 7) is 2.30. The van der Waals surface area contributed by atoms with Gasteiger partial charge in [-0.25, -0.2) is 0 Å². The molecule has 130 valence electrons. The molecule has 1 saturated heterocycles. The fourth-order valence-corrected chi connectivity index (χ4v) is 3.20. The van der Waals surface area contributed by atoms with Gasteiger partial charge in [-0.05, 0) is 62.4 Å². The second-order valence-electron chi connectivity index (χ2n) is 6.93. The highest BCUT2D eigenvalue weighted by atomic mass is 16.1. The molecule has 4 rings (SSSR count). The van der Waals surface area contributed by atoms with Gasteiger partial charge in [0.15, 0.2) is 0 Å². The van der Waals surface area contributed by atoms with Crippen LogP contribution in [0.4, 0.5) is 17.1 Å². The van der Waals surface area contributed by atoms with Gasteiger partial charge in [-0.2, -0.15) is 0 Å². The molecule has 2 aromatic rings. The Morgan fingerprint density at radius 1 is 1.00 bits per heavy atom. The number of benzene rings is 1. The van der Waals surface area contributed by atoms with Gasteiger partial charge in [-0.15, -0.1) is 0 Å². The number of rotatable bonds is 5. The Bertz CT molecular complexity index is 734. The van der Waals surface area contributed by atoms with Crippen molar-refractivity contribution in [2.45, 2.75) is 38.1 Å².